The summed E-state index contributed by atoms with van der Waals surface area (Å²) in [5.41, 5.74) is 0. The van der Waals surface area contributed by atoms with E-state index < -0.39 is 23.5 Å². The van der Waals surface area contributed by atoms with Crippen molar-refractivity contribution in [2.45, 2.75) is 108 Å². The van der Waals surface area contributed by atoms with Gasteiger partial charge in [-0.3, -0.25) is 9.59 Å². The Morgan fingerprint density at radius 1 is 0.636 bits per heavy atom. The molecular weight excluding hydrogens is 430 g/mol. The molecule has 6 nitrogen and oxygen atoms in total. The summed E-state index contributed by atoms with van der Waals surface area (Å²) in [6.07, 6.45) is 15.3. The number of allylic oxidation sites excluding steroid dienone is 2. The summed E-state index contributed by atoms with van der Waals surface area (Å²) in [5, 5.41) is 22.5. The van der Waals surface area contributed by atoms with Gasteiger partial charge in [0.25, 0.3) is 11.8 Å². The number of halogens is 2. The van der Waals surface area contributed by atoms with Crippen molar-refractivity contribution < 1.29 is 28.6 Å². The third-order valence-electron chi connectivity index (χ3n) is 5.73. The highest BCUT2D eigenvalue weighted by atomic mass is 19.1. The van der Waals surface area contributed by atoms with Gasteiger partial charge >= 0.3 is 0 Å². The van der Waals surface area contributed by atoms with Crippen LogP contribution in [0.5, 0.6) is 0 Å². The summed E-state index contributed by atoms with van der Waals surface area (Å²) in [6.45, 7) is 0.433. The van der Waals surface area contributed by atoms with Gasteiger partial charge < -0.3 is 20.8 Å². The molecular formula is C25H42F2N2O4. The number of aliphatic hydroxyl groups excluding tert-OH is 2. The molecule has 1 rings (SSSR count). The zero-order valence-corrected chi connectivity index (χ0v) is 19.8. The topological polar surface area (TPSA) is 98.7 Å². The highest BCUT2D eigenvalue weighted by Crippen LogP contribution is 2.22. The lowest BCUT2D eigenvalue weighted by Gasteiger charge is -2.05. The van der Waals surface area contributed by atoms with Crippen LogP contribution in [0.4, 0.5) is 8.78 Å². The second-order valence-electron chi connectivity index (χ2n) is 8.77. The maximum absolute atomic E-state index is 13.9. The molecule has 2 atom stereocenters. The number of rotatable bonds is 20. The SMILES string of the molecule is O=C(N[C@H]1C[C@H]1NC(=O)/C(F)=C/CCCCCCCCO)/C(F)=C/CCCCCCCCO. The van der Waals surface area contributed by atoms with E-state index in [1.165, 1.54) is 12.2 Å². The molecule has 1 aliphatic carbocycles. The van der Waals surface area contributed by atoms with Gasteiger partial charge in [0.1, 0.15) is 0 Å². The van der Waals surface area contributed by atoms with Gasteiger partial charge in [-0.25, -0.2) is 8.78 Å². The summed E-state index contributed by atoms with van der Waals surface area (Å²) in [6, 6.07) is -0.752. The Hall–Kier alpha value is -1.80. The molecule has 0 aromatic rings. The van der Waals surface area contributed by atoms with Crippen molar-refractivity contribution in [1.29, 1.82) is 0 Å². The number of hydrogen-bond donors (Lipinski definition) is 4. The zero-order chi connectivity index (χ0) is 24.3. The molecule has 4 N–H and O–H groups in total. The van der Waals surface area contributed by atoms with Crippen molar-refractivity contribution in [3.8, 4) is 0 Å². The lowest BCUT2D eigenvalue weighted by Crippen LogP contribution is -2.35. The Labute approximate surface area is 196 Å². The molecule has 190 valence electrons. The Bertz CT molecular complexity index is 574. The first-order chi connectivity index (χ1) is 16.0. The average molecular weight is 473 g/mol. The number of aliphatic hydroxyl groups is 2. The second-order valence-corrected chi connectivity index (χ2v) is 8.77. The van der Waals surface area contributed by atoms with Crippen LogP contribution in [0, 0.1) is 0 Å². The number of amides is 2. The molecule has 0 saturated heterocycles. The van der Waals surface area contributed by atoms with Gasteiger partial charge in [0.2, 0.25) is 0 Å². The van der Waals surface area contributed by atoms with E-state index in [-0.39, 0.29) is 25.3 Å². The molecule has 0 bridgehead atoms. The predicted octanol–water partition coefficient (Wildman–Crippen LogP) is 4.51. The van der Waals surface area contributed by atoms with E-state index in [4.69, 9.17) is 10.2 Å². The number of carbonyl (C=O) groups is 2. The number of carbonyl (C=O) groups excluding carboxylic acids is 2. The number of hydrogen-bond acceptors (Lipinski definition) is 4. The van der Waals surface area contributed by atoms with Crippen molar-refractivity contribution in [2.75, 3.05) is 13.2 Å². The van der Waals surface area contributed by atoms with Gasteiger partial charge in [0, 0.05) is 13.2 Å². The van der Waals surface area contributed by atoms with E-state index in [1.807, 2.05) is 0 Å². The molecule has 0 heterocycles. The zero-order valence-electron chi connectivity index (χ0n) is 19.8. The van der Waals surface area contributed by atoms with Gasteiger partial charge in [-0.05, 0) is 57.1 Å². The van der Waals surface area contributed by atoms with E-state index in [2.05, 4.69) is 10.6 Å². The second kappa shape index (κ2) is 18.6. The summed E-state index contributed by atoms with van der Waals surface area (Å²) in [4.78, 5) is 23.8. The van der Waals surface area contributed by atoms with Crippen LogP contribution in [0.1, 0.15) is 96.3 Å². The standard InChI is InChI=1S/C25H42F2N2O4/c26-20(15-11-7-3-1-5-9-13-17-30)24(32)28-22-19-23(22)29-25(33)21(27)16-12-8-4-2-6-10-14-18-31/h15-16,22-23,30-31H,1-14,17-19H2,(H,28,32)(H,29,33)/b20-15-,21-16-/t22-,23+. The average Bonchev–Trinajstić information content (AvgIpc) is 3.53. The lowest BCUT2D eigenvalue weighted by molar-refractivity contribution is -0.120. The Morgan fingerprint density at radius 3 is 1.33 bits per heavy atom. The van der Waals surface area contributed by atoms with Gasteiger partial charge in [-0.15, -0.1) is 0 Å². The maximum Gasteiger partial charge on any atom is 0.279 e. The molecule has 0 aromatic carbocycles. The highest BCUT2D eigenvalue weighted by Gasteiger charge is 2.40. The quantitative estimate of drug-likeness (QED) is 0.155. The van der Waals surface area contributed by atoms with Gasteiger partial charge in [-0.1, -0.05) is 51.4 Å². The van der Waals surface area contributed by atoms with E-state index in [9.17, 15) is 18.4 Å². The van der Waals surface area contributed by atoms with E-state index >= 15 is 0 Å². The smallest absolute Gasteiger partial charge is 0.279 e. The third-order valence-corrected chi connectivity index (χ3v) is 5.73. The Balaban J connectivity index is 2.13. The normalized spacial score (nSPS) is 18.3. The van der Waals surface area contributed by atoms with Crippen molar-refractivity contribution >= 4 is 11.8 Å². The molecule has 0 unspecified atom stereocenters. The molecule has 1 saturated carbocycles. The van der Waals surface area contributed by atoms with Crippen LogP contribution in [-0.2, 0) is 9.59 Å². The minimum atomic E-state index is -0.824. The van der Waals surface area contributed by atoms with Crippen molar-refractivity contribution in [2.24, 2.45) is 0 Å². The molecule has 0 radical (unpaired) electrons. The van der Waals surface area contributed by atoms with E-state index in [1.54, 1.807) is 0 Å². The molecule has 33 heavy (non-hydrogen) atoms. The first-order valence-electron chi connectivity index (χ1n) is 12.5. The summed E-state index contributed by atoms with van der Waals surface area (Å²) in [5.74, 6) is -3.24. The maximum atomic E-state index is 13.9. The fourth-order valence-electron chi connectivity index (χ4n) is 3.56. The minimum absolute atomic E-state index is 0.216. The van der Waals surface area contributed by atoms with Crippen LogP contribution >= 0.6 is 0 Å². The Morgan fingerprint density at radius 2 is 0.970 bits per heavy atom. The largest absolute Gasteiger partial charge is 0.396 e. The van der Waals surface area contributed by atoms with Gasteiger partial charge in [0.15, 0.2) is 11.7 Å². The molecule has 1 fully saturated rings. The van der Waals surface area contributed by atoms with Crippen molar-refractivity contribution in [3.05, 3.63) is 23.8 Å². The molecule has 0 spiro atoms. The van der Waals surface area contributed by atoms with Crippen LogP contribution in [-0.4, -0.2) is 47.3 Å². The van der Waals surface area contributed by atoms with E-state index in [0.29, 0.717) is 19.3 Å². The number of nitrogens with one attached hydrogen (secondary N) is 2. The summed E-state index contributed by atoms with van der Waals surface area (Å²) >= 11 is 0. The molecule has 0 aliphatic heterocycles. The van der Waals surface area contributed by atoms with Gasteiger partial charge in [0.05, 0.1) is 12.1 Å². The molecule has 8 heteroatoms. The summed E-state index contributed by atoms with van der Waals surface area (Å²) in [7, 11) is 0. The highest BCUT2D eigenvalue weighted by molar-refractivity contribution is 5.93. The monoisotopic (exact) mass is 472 g/mol. The first-order valence-corrected chi connectivity index (χ1v) is 12.5. The number of unbranched alkanes of at least 4 members (excludes halogenated alkanes) is 12. The van der Waals surface area contributed by atoms with Crippen molar-refractivity contribution in [1.82, 2.24) is 10.6 Å². The van der Waals surface area contributed by atoms with Crippen molar-refractivity contribution in [3.63, 3.8) is 0 Å². The third kappa shape index (κ3) is 14.9. The molecule has 2 amide bonds. The summed E-state index contributed by atoms with van der Waals surface area (Å²) < 4.78 is 27.8. The molecule has 1 aliphatic rings. The fraction of sp³-hybridized carbons (Fsp3) is 0.760. The van der Waals surface area contributed by atoms with Crippen LogP contribution in [0.25, 0.3) is 0 Å². The fourth-order valence-corrected chi connectivity index (χ4v) is 3.56. The van der Waals surface area contributed by atoms with Gasteiger partial charge in [-0.2, -0.15) is 0 Å². The van der Waals surface area contributed by atoms with Crippen LogP contribution < -0.4 is 10.6 Å². The van der Waals surface area contributed by atoms with Crippen LogP contribution in [0.2, 0.25) is 0 Å². The molecule has 0 aromatic heterocycles. The van der Waals surface area contributed by atoms with Crippen LogP contribution in [0.15, 0.2) is 23.8 Å². The lowest BCUT2D eigenvalue weighted by atomic mass is 10.1. The Kier molecular flexibility index (Phi) is 16.5. The predicted molar refractivity (Wildman–Crippen MR) is 126 cm³/mol. The van der Waals surface area contributed by atoms with Crippen LogP contribution in [0.3, 0.4) is 0 Å². The first kappa shape index (κ1) is 29.2. The minimum Gasteiger partial charge on any atom is -0.396 e. The van der Waals surface area contributed by atoms with E-state index in [0.717, 1.165) is 77.0 Å².